The van der Waals surface area contributed by atoms with Gasteiger partial charge >= 0.3 is 6.18 Å². The highest BCUT2D eigenvalue weighted by atomic mass is 35.5. The van der Waals surface area contributed by atoms with Gasteiger partial charge in [-0.1, -0.05) is 23.7 Å². The number of hydrogen-bond donors (Lipinski definition) is 0. The van der Waals surface area contributed by atoms with E-state index in [4.69, 9.17) is 11.6 Å². The zero-order valence-electron chi connectivity index (χ0n) is 7.40. The highest BCUT2D eigenvalue weighted by molar-refractivity contribution is 6.28. The molecule has 1 aromatic rings. The van der Waals surface area contributed by atoms with Crippen LogP contribution >= 0.6 is 11.6 Å². The maximum atomic E-state index is 12.2. The summed E-state index contributed by atoms with van der Waals surface area (Å²) in [5.41, 5.74) is 2.11. The highest BCUT2D eigenvalue weighted by Crippen LogP contribution is 2.29. The molecule has 0 aliphatic rings. The zero-order chi connectivity index (χ0) is 10.8. The molecule has 0 N–H and O–H groups in total. The van der Waals surface area contributed by atoms with Crippen LogP contribution in [0.2, 0.25) is 0 Å². The van der Waals surface area contributed by atoms with Crippen molar-refractivity contribution in [3.05, 3.63) is 40.9 Å². The van der Waals surface area contributed by atoms with Crippen molar-refractivity contribution in [1.82, 2.24) is 0 Å². The molecule has 0 heterocycles. The summed E-state index contributed by atoms with van der Waals surface area (Å²) in [7, 11) is 0. The van der Waals surface area contributed by atoms with Gasteiger partial charge in [0.15, 0.2) is 0 Å². The Kier molecular flexibility index (Phi) is 3.21. The van der Waals surface area contributed by atoms with E-state index in [2.05, 4.69) is 0 Å². The molecule has 4 heteroatoms. The van der Waals surface area contributed by atoms with Crippen LogP contribution in [0.15, 0.2) is 29.8 Å². The molecule has 76 valence electrons. The molecule has 0 aliphatic heterocycles. The van der Waals surface area contributed by atoms with E-state index in [9.17, 15) is 13.2 Å². The number of benzene rings is 1. The third-order valence-electron chi connectivity index (χ3n) is 1.83. The number of allylic oxidation sites excluding steroid dienone is 1. The van der Waals surface area contributed by atoms with Gasteiger partial charge in [-0.05, 0) is 30.2 Å². The molecule has 0 radical (unpaired) electrons. The summed E-state index contributed by atoms with van der Waals surface area (Å²) in [6, 6.07) is 4.88. The molecule has 0 amide bonds. The van der Waals surface area contributed by atoms with Crippen LogP contribution in [-0.4, -0.2) is 0 Å². The molecule has 0 nitrogen and oxygen atoms in total. The molecule has 0 fully saturated rings. The van der Waals surface area contributed by atoms with Gasteiger partial charge in [-0.3, -0.25) is 0 Å². The molecule has 0 saturated carbocycles. The van der Waals surface area contributed by atoms with Gasteiger partial charge < -0.3 is 0 Å². The maximum Gasteiger partial charge on any atom is 0.416 e. The predicted octanol–water partition coefficient (Wildman–Crippen LogP) is 4.31. The van der Waals surface area contributed by atoms with Crippen molar-refractivity contribution in [1.29, 1.82) is 0 Å². The lowest BCUT2D eigenvalue weighted by atomic mass is 10.1. The van der Waals surface area contributed by atoms with Gasteiger partial charge in [-0.2, -0.15) is 13.2 Å². The van der Waals surface area contributed by atoms with Crippen LogP contribution in [-0.2, 0) is 6.18 Å². The first-order valence-corrected chi connectivity index (χ1v) is 4.33. The second kappa shape index (κ2) is 4.05. The summed E-state index contributed by atoms with van der Waals surface area (Å²) >= 11 is 5.43. The van der Waals surface area contributed by atoms with Crippen LogP contribution < -0.4 is 0 Å². The first-order valence-electron chi connectivity index (χ1n) is 3.90. The standard InChI is InChI=1S/C10H8ClF3/c1-7(6-11)8-2-4-9(5-3-8)10(12,13)14/h2-6H,1H3. The van der Waals surface area contributed by atoms with Crippen LogP contribution in [0.3, 0.4) is 0 Å². The molecule has 0 aliphatic carbocycles. The monoisotopic (exact) mass is 220 g/mol. The van der Waals surface area contributed by atoms with Crippen molar-refractivity contribution in [2.75, 3.05) is 0 Å². The summed E-state index contributed by atoms with van der Waals surface area (Å²) in [5, 5.41) is 0. The van der Waals surface area contributed by atoms with Gasteiger partial charge in [0.05, 0.1) is 5.56 Å². The van der Waals surface area contributed by atoms with Crippen molar-refractivity contribution >= 4 is 17.2 Å². The smallest absolute Gasteiger partial charge is 0.166 e. The Morgan fingerprint density at radius 3 is 2.07 bits per heavy atom. The van der Waals surface area contributed by atoms with Crippen LogP contribution in [0.1, 0.15) is 18.1 Å². The minimum atomic E-state index is -4.28. The molecule has 0 spiro atoms. The third kappa shape index (κ3) is 2.51. The van der Waals surface area contributed by atoms with Gasteiger partial charge in [-0.25, -0.2) is 0 Å². The average Bonchev–Trinajstić information content (AvgIpc) is 2.15. The SMILES string of the molecule is CC(=CCl)c1ccc(C(F)(F)F)cc1. The fraction of sp³-hybridized carbons (Fsp3) is 0.200. The predicted molar refractivity (Wildman–Crippen MR) is 50.9 cm³/mol. The third-order valence-corrected chi connectivity index (χ3v) is 2.16. The van der Waals surface area contributed by atoms with E-state index in [-0.39, 0.29) is 0 Å². The van der Waals surface area contributed by atoms with Crippen LogP contribution in [0, 0.1) is 0 Å². The Morgan fingerprint density at radius 2 is 1.71 bits per heavy atom. The summed E-state index contributed by atoms with van der Waals surface area (Å²) in [4.78, 5) is 0. The maximum absolute atomic E-state index is 12.2. The van der Waals surface area contributed by atoms with E-state index in [0.29, 0.717) is 5.56 Å². The largest absolute Gasteiger partial charge is 0.416 e. The van der Waals surface area contributed by atoms with Gasteiger partial charge in [0, 0.05) is 5.54 Å². The molecule has 14 heavy (non-hydrogen) atoms. The molecular formula is C10H8ClF3. The van der Waals surface area contributed by atoms with Crippen LogP contribution in [0.25, 0.3) is 5.57 Å². The summed E-state index contributed by atoms with van der Waals surface area (Å²) in [6.45, 7) is 1.73. The first-order chi connectivity index (χ1) is 6.45. The lowest BCUT2D eigenvalue weighted by molar-refractivity contribution is -0.137. The molecule has 0 bridgehead atoms. The second-order valence-electron chi connectivity index (χ2n) is 2.87. The van der Waals surface area contributed by atoms with Gasteiger partial charge in [0.2, 0.25) is 0 Å². The Bertz CT molecular complexity index is 335. The van der Waals surface area contributed by atoms with Crippen LogP contribution in [0.5, 0.6) is 0 Å². The van der Waals surface area contributed by atoms with Gasteiger partial charge in [-0.15, -0.1) is 0 Å². The number of hydrogen-bond acceptors (Lipinski definition) is 0. The van der Waals surface area contributed by atoms with E-state index < -0.39 is 11.7 Å². The zero-order valence-corrected chi connectivity index (χ0v) is 8.15. The second-order valence-corrected chi connectivity index (χ2v) is 3.09. The van der Waals surface area contributed by atoms with Gasteiger partial charge in [0.25, 0.3) is 0 Å². The van der Waals surface area contributed by atoms with E-state index in [0.717, 1.165) is 17.7 Å². The normalized spacial score (nSPS) is 13.1. The number of rotatable bonds is 1. The lowest BCUT2D eigenvalue weighted by Gasteiger charge is -2.07. The van der Waals surface area contributed by atoms with E-state index in [1.54, 1.807) is 6.92 Å². The number of halogens is 4. The van der Waals surface area contributed by atoms with E-state index in [1.165, 1.54) is 17.7 Å². The Hall–Kier alpha value is -0.960. The fourth-order valence-corrected chi connectivity index (χ4v) is 1.11. The first kappa shape index (κ1) is 11.1. The molecule has 1 aromatic carbocycles. The molecular weight excluding hydrogens is 213 g/mol. The van der Waals surface area contributed by atoms with Crippen molar-refractivity contribution in [3.8, 4) is 0 Å². The quantitative estimate of drug-likeness (QED) is 0.662. The van der Waals surface area contributed by atoms with Crippen molar-refractivity contribution in [2.45, 2.75) is 13.1 Å². The van der Waals surface area contributed by atoms with Crippen molar-refractivity contribution in [3.63, 3.8) is 0 Å². The topological polar surface area (TPSA) is 0 Å². The van der Waals surface area contributed by atoms with Gasteiger partial charge in [0.1, 0.15) is 0 Å². The van der Waals surface area contributed by atoms with Crippen LogP contribution in [0.4, 0.5) is 13.2 Å². The minimum Gasteiger partial charge on any atom is -0.166 e. The Balaban J connectivity index is 3.01. The molecule has 1 rings (SSSR count). The highest BCUT2D eigenvalue weighted by Gasteiger charge is 2.29. The van der Waals surface area contributed by atoms with E-state index >= 15 is 0 Å². The average molecular weight is 221 g/mol. The Labute approximate surface area is 85.0 Å². The van der Waals surface area contributed by atoms with Crippen molar-refractivity contribution < 1.29 is 13.2 Å². The summed E-state index contributed by atoms with van der Waals surface area (Å²) in [6.07, 6.45) is -4.28. The lowest BCUT2D eigenvalue weighted by Crippen LogP contribution is -2.04. The summed E-state index contributed by atoms with van der Waals surface area (Å²) in [5.74, 6) is 0. The van der Waals surface area contributed by atoms with E-state index in [1.807, 2.05) is 0 Å². The fourth-order valence-electron chi connectivity index (χ4n) is 0.985. The molecule has 0 aromatic heterocycles. The Morgan fingerprint density at radius 1 is 1.21 bits per heavy atom. The summed E-state index contributed by atoms with van der Waals surface area (Å²) < 4.78 is 36.5. The van der Waals surface area contributed by atoms with Crippen molar-refractivity contribution in [2.24, 2.45) is 0 Å². The molecule has 0 atom stereocenters. The molecule has 0 saturated heterocycles. The molecule has 0 unspecified atom stereocenters. The number of alkyl halides is 3. The minimum absolute atomic E-state index is 0.649.